The van der Waals surface area contributed by atoms with E-state index in [1.807, 2.05) is 71.9 Å². The first-order valence-corrected chi connectivity index (χ1v) is 15.2. The lowest BCUT2D eigenvalue weighted by Gasteiger charge is -2.34. The van der Waals surface area contributed by atoms with Crippen molar-refractivity contribution in [3.05, 3.63) is 89.0 Å². The minimum absolute atomic E-state index is 0.0503. The Morgan fingerprint density at radius 1 is 0.902 bits per heavy atom. The number of aryl methyl sites for hydroxylation is 3. The maximum Gasteiger partial charge on any atom is 0.264 e. The lowest BCUT2D eigenvalue weighted by atomic mass is 10.1. The molecule has 0 heterocycles. The van der Waals surface area contributed by atoms with E-state index in [4.69, 9.17) is 4.74 Å². The summed E-state index contributed by atoms with van der Waals surface area (Å²) in [5.41, 5.74) is 3.82. The highest BCUT2D eigenvalue weighted by molar-refractivity contribution is 7.92. The molecule has 0 aliphatic rings. The normalized spacial score (nSPS) is 12.1. The molecule has 8 nitrogen and oxygen atoms in total. The fraction of sp³-hybridized carbons (Fsp3) is 0.375. The molecule has 0 unspecified atom stereocenters. The standard InChI is InChI=1S/C32H41N3O5S/c1-8-28(32(37)33-22(2)3)34(20-26-11-9-10-24(5)18-26)31(36)21-35(29-19-25(6)14-17-30(29)40-7)41(38,39)27-15-12-23(4)13-16-27/h9-19,22,28H,8,20-21H2,1-7H3,(H,33,37)/t28-/m1/s1. The van der Waals surface area contributed by atoms with Crippen molar-refractivity contribution in [3.63, 3.8) is 0 Å². The third kappa shape index (κ3) is 7.88. The first-order chi connectivity index (χ1) is 19.4. The Bertz CT molecular complexity index is 1470. The van der Waals surface area contributed by atoms with Gasteiger partial charge in [-0.2, -0.15) is 0 Å². The number of carbonyl (C=O) groups excluding carboxylic acids is 2. The third-order valence-corrected chi connectivity index (χ3v) is 8.52. The van der Waals surface area contributed by atoms with E-state index in [-0.39, 0.29) is 29.1 Å². The summed E-state index contributed by atoms with van der Waals surface area (Å²) in [6.07, 6.45) is 0.356. The highest BCUT2D eigenvalue weighted by atomic mass is 32.2. The van der Waals surface area contributed by atoms with Gasteiger partial charge in [0.15, 0.2) is 0 Å². The van der Waals surface area contributed by atoms with Gasteiger partial charge in [0.05, 0.1) is 17.7 Å². The summed E-state index contributed by atoms with van der Waals surface area (Å²) in [6.45, 7) is 10.9. The predicted octanol–water partition coefficient (Wildman–Crippen LogP) is 5.15. The van der Waals surface area contributed by atoms with Crippen molar-refractivity contribution in [2.24, 2.45) is 0 Å². The van der Waals surface area contributed by atoms with Crippen LogP contribution in [0.4, 0.5) is 5.69 Å². The summed E-state index contributed by atoms with van der Waals surface area (Å²) < 4.78 is 34.9. The van der Waals surface area contributed by atoms with Gasteiger partial charge in [0.25, 0.3) is 10.0 Å². The average Bonchev–Trinajstić information content (AvgIpc) is 2.91. The largest absolute Gasteiger partial charge is 0.495 e. The molecule has 0 spiro atoms. The van der Waals surface area contributed by atoms with Gasteiger partial charge >= 0.3 is 0 Å². The number of amides is 2. The monoisotopic (exact) mass is 579 g/mol. The molecular formula is C32H41N3O5S. The van der Waals surface area contributed by atoms with Gasteiger partial charge in [-0.05, 0) is 76.4 Å². The molecule has 3 aromatic carbocycles. The quantitative estimate of drug-likeness (QED) is 0.320. The van der Waals surface area contributed by atoms with Gasteiger partial charge < -0.3 is 15.0 Å². The molecule has 0 aromatic heterocycles. The van der Waals surface area contributed by atoms with Crippen molar-refractivity contribution >= 4 is 27.5 Å². The van der Waals surface area contributed by atoms with Crippen LogP contribution in [0.1, 0.15) is 49.4 Å². The van der Waals surface area contributed by atoms with Gasteiger partial charge in [-0.15, -0.1) is 0 Å². The molecule has 0 saturated carbocycles. The number of nitrogens with zero attached hydrogens (tertiary/aromatic N) is 2. The van der Waals surface area contributed by atoms with Crippen molar-refractivity contribution < 1.29 is 22.7 Å². The number of hydrogen-bond acceptors (Lipinski definition) is 5. The van der Waals surface area contributed by atoms with Crippen molar-refractivity contribution in [1.82, 2.24) is 10.2 Å². The Balaban J connectivity index is 2.14. The number of hydrogen-bond donors (Lipinski definition) is 1. The molecule has 1 N–H and O–H groups in total. The van der Waals surface area contributed by atoms with Gasteiger partial charge in [0, 0.05) is 12.6 Å². The number of methoxy groups -OCH3 is 1. The van der Waals surface area contributed by atoms with Crippen LogP contribution in [0, 0.1) is 20.8 Å². The Hall–Kier alpha value is -3.85. The van der Waals surface area contributed by atoms with Gasteiger partial charge in [-0.3, -0.25) is 13.9 Å². The van der Waals surface area contributed by atoms with Crippen molar-refractivity contribution in [1.29, 1.82) is 0 Å². The molecule has 0 aliphatic carbocycles. The van der Waals surface area contributed by atoms with Gasteiger partial charge in [0.2, 0.25) is 11.8 Å². The van der Waals surface area contributed by atoms with E-state index in [0.717, 1.165) is 26.6 Å². The van der Waals surface area contributed by atoms with Gasteiger partial charge in [-0.25, -0.2) is 8.42 Å². The highest BCUT2D eigenvalue weighted by Gasteiger charge is 2.35. The zero-order valence-electron chi connectivity index (χ0n) is 25.0. The number of sulfonamides is 1. The molecule has 3 aromatic rings. The summed E-state index contributed by atoms with van der Waals surface area (Å²) in [4.78, 5) is 29.0. The Labute approximate surface area is 244 Å². The van der Waals surface area contributed by atoms with Gasteiger partial charge in [-0.1, -0.05) is 60.5 Å². The van der Waals surface area contributed by atoms with E-state index in [0.29, 0.717) is 12.2 Å². The number of nitrogens with one attached hydrogen (secondary N) is 1. The number of rotatable bonds is 12. The molecule has 3 rings (SSSR count). The second-order valence-corrected chi connectivity index (χ2v) is 12.5. The molecule has 0 radical (unpaired) electrons. The van der Waals surface area contributed by atoms with Crippen LogP contribution in [0.3, 0.4) is 0 Å². The molecule has 0 saturated heterocycles. The summed E-state index contributed by atoms with van der Waals surface area (Å²) in [6, 6.07) is 18.5. The molecule has 1 atom stereocenters. The fourth-order valence-corrected chi connectivity index (χ4v) is 6.07. The predicted molar refractivity (Wildman–Crippen MR) is 163 cm³/mol. The Morgan fingerprint density at radius 3 is 2.12 bits per heavy atom. The summed E-state index contributed by atoms with van der Waals surface area (Å²) in [5, 5.41) is 2.91. The number of ether oxygens (including phenoxy) is 1. The van der Waals surface area contributed by atoms with Crippen LogP contribution in [-0.2, 0) is 26.2 Å². The topological polar surface area (TPSA) is 96.0 Å². The SMILES string of the molecule is CC[C@H](C(=O)NC(C)C)N(Cc1cccc(C)c1)C(=O)CN(c1cc(C)ccc1OC)S(=O)(=O)c1ccc(C)cc1. The minimum atomic E-state index is -4.19. The molecule has 220 valence electrons. The van der Waals surface area contributed by atoms with Crippen molar-refractivity contribution in [2.75, 3.05) is 18.0 Å². The lowest BCUT2D eigenvalue weighted by molar-refractivity contribution is -0.140. The average molecular weight is 580 g/mol. The van der Waals surface area contributed by atoms with Crippen LogP contribution in [0.2, 0.25) is 0 Å². The van der Waals surface area contributed by atoms with Crippen molar-refractivity contribution in [3.8, 4) is 5.75 Å². The molecular weight excluding hydrogens is 538 g/mol. The van der Waals surface area contributed by atoms with Crippen molar-refractivity contribution in [2.45, 2.75) is 71.5 Å². The molecule has 0 bridgehead atoms. The highest BCUT2D eigenvalue weighted by Crippen LogP contribution is 2.34. The third-order valence-electron chi connectivity index (χ3n) is 6.74. The van der Waals surface area contributed by atoms with Crippen LogP contribution in [0.15, 0.2) is 71.6 Å². The smallest absolute Gasteiger partial charge is 0.264 e. The second kappa shape index (κ2) is 13.7. The minimum Gasteiger partial charge on any atom is -0.495 e. The summed E-state index contributed by atoms with van der Waals surface area (Å²) in [7, 11) is -2.74. The second-order valence-electron chi connectivity index (χ2n) is 10.6. The molecule has 2 amide bonds. The number of carbonyl (C=O) groups is 2. The maximum atomic E-state index is 14.2. The first-order valence-electron chi connectivity index (χ1n) is 13.8. The maximum absolute atomic E-state index is 14.2. The molecule has 41 heavy (non-hydrogen) atoms. The molecule has 0 aliphatic heterocycles. The number of anilines is 1. The van der Waals surface area contributed by atoms with Crippen LogP contribution < -0.4 is 14.4 Å². The Morgan fingerprint density at radius 2 is 1.54 bits per heavy atom. The van der Waals surface area contributed by atoms with E-state index in [1.54, 1.807) is 24.3 Å². The summed E-state index contributed by atoms with van der Waals surface area (Å²) in [5.74, 6) is -0.477. The zero-order chi connectivity index (χ0) is 30.3. The van der Waals surface area contributed by atoms with E-state index in [9.17, 15) is 18.0 Å². The molecule has 9 heteroatoms. The Kier molecular flexibility index (Phi) is 10.6. The van der Waals surface area contributed by atoms with E-state index in [1.165, 1.54) is 24.1 Å². The van der Waals surface area contributed by atoms with E-state index < -0.39 is 28.5 Å². The van der Waals surface area contributed by atoms with Crippen LogP contribution in [-0.4, -0.2) is 50.9 Å². The van der Waals surface area contributed by atoms with Crippen LogP contribution in [0.25, 0.3) is 0 Å². The lowest BCUT2D eigenvalue weighted by Crippen LogP contribution is -2.53. The fourth-order valence-electron chi connectivity index (χ4n) is 4.65. The zero-order valence-corrected chi connectivity index (χ0v) is 25.8. The van der Waals surface area contributed by atoms with Crippen LogP contribution in [0.5, 0.6) is 5.75 Å². The van der Waals surface area contributed by atoms with Crippen LogP contribution >= 0.6 is 0 Å². The number of benzene rings is 3. The van der Waals surface area contributed by atoms with E-state index in [2.05, 4.69) is 5.32 Å². The van der Waals surface area contributed by atoms with Gasteiger partial charge in [0.1, 0.15) is 18.3 Å². The summed E-state index contributed by atoms with van der Waals surface area (Å²) >= 11 is 0. The first kappa shape index (κ1) is 31.7. The molecule has 0 fully saturated rings. The van der Waals surface area contributed by atoms with E-state index >= 15 is 0 Å².